The molecule has 0 aliphatic heterocycles. The average molecular weight is 340 g/mol. The van der Waals surface area contributed by atoms with Crippen molar-refractivity contribution in [1.29, 1.82) is 0 Å². The van der Waals surface area contributed by atoms with Crippen LogP contribution >= 0.6 is 0 Å². The van der Waals surface area contributed by atoms with Crippen molar-refractivity contribution in [2.45, 2.75) is 19.4 Å². The van der Waals surface area contributed by atoms with E-state index < -0.39 is 11.5 Å². The Kier molecular flexibility index (Phi) is 4.18. The quantitative estimate of drug-likeness (QED) is 0.664. The SMILES string of the molecule is Cc1cc(C(=O)NCC(C)(O)c2ccccc2)c2c(=O)[nH]n(C)c2n1. The fraction of sp³-hybridized carbons (Fsp3) is 0.278. The summed E-state index contributed by atoms with van der Waals surface area (Å²) in [7, 11) is 1.66. The van der Waals surface area contributed by atoms with E-state index in [1.54, 1.807) is 39.1 Å². The second-order valence-corrected chi connectivity index (χ2v) is 6.33. The first-order valence-electron chi connectivity index (χ1n) is 7.92. The predicted molar refractivity (Wildman–Crippen MR) is 94.4 cm³/mol. The zero-order chi connectivity index (χ0) is 18.2. The highest BCUT2D eigenvalue weighted by molar-refractivity contribution is 6.05. The highest BCUT2D eigenvalue weighted by Crippen LogP contribution is 2.20. The van der Waals surface area contributed by atoms with E-state index in [1.165, 1.54) is 4.68 Å². The molecule has 0 spiro atoms. The van der Waals surface area contributed by atoms with Gasteiger partial charge >= 0.3 is 0 Å². The zero-order valence-electron chi connectivity index (χ0n) is 14.3. The van der Waals surface area contributed by atoms with Crippen LogP contribution in [0.4, 0.5) is 0 Å². The average Bonchev–Trinajstić information content (AvgIpc) is 2.87. The number of fused-ring (bicyclic) bond motifs is 1. The minimum absolute atomic E-state index is 0.0173. The lowest BCUT2D eigenvalue weighted by atomic mass is 9.96. The van der Waals surface area contributed by atoms with Crippen LogP contribution in [0.15, 0.2) is 41.2 Å². The van der Waals surface area contributed by atoms with Gasteiger partial charge in [0.2, 0.25) is 0 Å². The standard InChI is InChI=1S/C18H20N4O3/c1-11-9-13(14-15(20-11)22(3)21-17(14)24)16(23)19-10-18(2,25)12-7-5-4-6-8-12/h4-9,25H,10H2,1-3H3,(H,19,23)(H,21,24). The molecule has 130 valence electrons. The van der Waals surface area contributed by atoms with Gasteiger partial charge in [-0.3, -0.25) is 19.4 Å². The first-order valence-corrected chi connectivity index (χ1v) is 7.92. The van der Waals surface area contributed by atoms with Crippen molar-refractivity contribution < 1.29 is 9.90 Å². The predicted octanol–water partition coefficient (Wildman–Crippen LogP) is 1.21. The molecule has 3 N–H and O–H groups in total. The molecule has 7 heteroatoms. The normalized spacial score (nSPS) is 13.6. The van der Waals surface area contributed by atoms with E-state index in [0.717, 1.165) is 0 Å². The topological polar surface area (TPSA) is 100 Å². The summed E-state index contributed by atoms with van der Waals surface area (Å²) in [5.41, 5.74) is 0.399. The van der Waals surface area contributed by atoms with Gasteiger partial charge in [-0.1, -0.05) is 30.3 Å². The number of aryl methyl sites for hydroxylation is 2. The van der Waals surface area contributed by atoms with E-state index >= 15 is 0 Å². The van der Waals surface area contributed by atoms with Gasteiger partial charge in [-0.15, -0.1) is 0 Å². The van der Waals surface area contributed by atoms with E-state index in [1.807, 2.05) is 18.2 Å². The summed E-state index contributed by atoms with van der Waals surface area (Å²) >= 11 is 0. The second-order valence-electron chi connectivity index (χ2n) is 6.33. The summed E-state index contributed by atoms with van der Waals surface area (Å²) in [5.74, 6) is -0.427. The van der Waals surface area contributed by atoms with Crippen LogP contribution < -0.4 is 10.9 Å². The van der Waals surface area contributed by atoms with Gasteiger partial charge in [-0.25, -0.2) is 4.98 Å². The minimum atomic E-state index is -1.22. The lowest BCUT2D eigenvalue weighted by Crippen LogP contribution is -2.38. The smallest absolute Gasteiger partial charge is 0.274 e. The molecule has 0 saturated carbocycles. The van der Waals surface area contributed by atoms with Gasteiger partial charge in [0.05, 0.1) is 17.5 Å². The molecule has 0 fully saturated rings. The third-order valence-electron chi connectivity index (χ3n) is 4.18. The van der Waals surface area contributed by atoms with Crippen molar-refractivity contribution in [3.05, 3.63) is 63.6 Å². The van der Waals surface area contributed by atoms with Gasteiger partial charge in [0, 0.05) is 12.7 Å². The Labute approximate surface area is 144 Å². The Morgan fingerprint density at radius 1 is 1.36 bits per heavy atom. The molecule has 0 bridgehead atoms. The molecule has 0 aliphatic carbocycles. The number of benzene rings is 1. The molecule has 1 atom stereocenters. The van der Waals surface area contributed by atoms with Crippen LogP contribution in [0.25, 0.3) is 11.0 Å². The number of nitrogens with one attached hydrogen (secondary N) is 2. The van der Waals surface area contributed by atoms with Gasteiger partial charge < -0.3 is 10.4 Å². The number of H-pyrrole nitrogens is 1. The number of rotatable bonds is 4. The summed E-state index contributed by atoms with van der Waals surface area (Å²) in [4.78, 5) is 29.0. The van der Waals surface area contributed by atoms with Crippen molar-refractivity contribution in [2.75, 3.05) is 6.54 Å². The van der Waals surface area contributed by atoms with Crippen LogP contribution in [-0.4, -0.2) is 32.3 Å². The van der Waals surface area contributed by atoms with Gasteiger partial charge in [-0.2, -0.15) is 0 Å². The molecule has 0 aliphatic rings. The zero-order valence-corrected chi connectivity index (χ0v) is 14.3. The molecular weight excluding hydrogens is 320 g/mol. The van der Waals surface area contributed by atoms with E-state index in [4.69, 9.17) is 0 Å². The number of amides is 1. The highest BCUT2D eigenvalue weighted by atomic mass is 16.3. The number of carbonyl (C=O) groups is 1. The van der Waals surface area contributed by atoms with Gasteiger partial charge in [-0.05, 0) is 25.5 Å². The van der Waals surface area contributed by atoms with Crippen molar-refractivity contribution >= 4 is 16.9 Å². The summed E-state index contributed by atoms with van der Waals surface area (Å²) in [5, 5.41) is 16.2. The van der Waals surface area contributed by atoms with Gasteiger partial charge in [0.25, 0.3) is 11.5 Å². The molecule has 2 heterocycles. The van der Waals surface area contributed by atoms with E-state index in [9.17, 15) is 14.7 Å². The lowest BCUT2D eigenvalue weighted by molar-refractivity contribution is 0.0527. The fourth-order valence-electron chi connectivity index (χ4n) is 2.81. The number of hydrogen-bond acceptors (Lipinski definition) is 4. The van der Waals surface area contributed by atoms with Gasteiger partial charge in [0.1, 0.15) is 5.60 Å². The molecule has 1 unspecified atom stereocenters. The number of aromatic nitrogens is 3. The monoisotopic (exact) mass is 340 g/mol. The Morgan fingerprint density at radius 2 is 2.04 bits per heavy atom. The molecular formula is C18H20N4O3. The maximum Gasteiger partial charge on any atom is 0.274 e. The fourth-order valence-corrected chi connectivity index (χ4v) is 2.81. The number of pyridine rings is 1. The maximum atomic E-state index is 12.6. The van der Waals surface area contributed by atoms with Crippen molar-refractivity contribution in [3.63, 3.8) is 0 Å². The molecule has 0 radical (unpaired) electrons. The Bertz CT molecular complexity index is 987. The molecule has 0 saturated heterocycles. The Balaban J connectivity index is 1.90. The third-order valence-corrected chi connectivity index (χ3v) is 4.18. The molecule has 1 aromatic carbocycles. The van der Waals surface area contributed by atoms with Crippen LogP contribution in [0.5, 0.6) is 0 Å². The highest BCUT2D eigenvalue weighted by Gasteiger charge is 2.25. The summed E-state index contributed by atoms with van der Waals surface area (Å²) in [6, 6.07) is 10.7. The van der Waals surface area contributed by atoms with Crippen LogP contribution in [0, 0.1) is 6.92 Å². The molecule has 3 aromatic rings. The lowest BCUT2D eigenvalue weighted by Gasteiger charge is -2.24. The van der Waals surface area contributed by atoms with Gasteiger partial charge in [0.15, 0.2) is 5.65 Å². The number of aromatic amines is 1. The van der Waals surface area contributed by atoms with Crippen molar-refractivity contribution in [3.8, 4) is 0 Å². The Morgan fingerprint density at radius 3 is 2.72 bits per heavy atom. The third kappa shape index (κ3) is 3.18. The minimum Gasteiger partial charge on any atom is -0.384 e. The number of hydrogen-bond donors (Lipinski definition) is 3. The van der Waals surface area contributed by atoms with Crippen LogP contribution in [0.2, 0.25) is 0 Å². The molecule has 2 aromatic heterocycles. The van der Waals surface area contributed by atoms with Crippen LogP contribution in [0.1, 0.15) is 28.5 Å². The summed E-state index contributed by atoms with van der Waals surface area (Å²) in [6.45, 7) is 3.41. The molecule has 7 nitrogen and oxygen atoms in total. The first kappa shape index (κ1) is 16.9. The number of nitrogens with zero attached hydrogens (tertiary/aromatic N) is 2. The van der Waals surface area contributed by atoms with Crippen molar-refractivity contribution in [2.24, 2.45) is 7.05 Å². The Hall–Kier alpha value is -2.93. The number of carbonyl (C=O) groups excluding carboxylic acids is 1. The molecule has 1 amide bonds. The second kappa shape index (κ2) is 6.18. The molecule has 25 heavy (non-hydrogen) atoms. The van der Waals surface area contributed by atoms with Crippen LogP contribution in [0.3, 0.4) is 0 Å². The summed E-state index contributed by atoms with van der Waals surface area (Å²) in [6.07, 6.45) is 0. The van der Waals surface area contributed by atoms with E-state index in [0.29, 0.717) is 16.9 Å². The van der Waals surface area contributed by atoms with E-state index in [-0.39, 0.29) is 23.1 Å². The first-order chi connectivity index (χ1) is 11.8. The van der Waals surface area contributed by atoms with Crippen LogP contribution in [-0.2, 0) is 12.6 Å². The maximum absolute atomic E-state index is 12.6. The van der Waals surface area contributed by atoms with E-state index in [2.05, 4.69) is 15.4 Å². The van der Waals surface area contributed by atoms with Crippen molar-refractivity contribution in [1.82, 2.24) is 20.1 Å². The number of aliphatic hydroxyl groups is 1. The largest absolute Gasteiger partial charge is 0.384 e. The molecule has 3 rings (SSSR count). The summed E-state index contributed by atoms with van der Waals surface area (Å²) < 4.78 is 1.49.